The average Bonchev–Trinajstić information content (AvgIpc) is 2.75. The summed E-state index contributed by atoms with van der Waals surface area (Å²) < 4.78 is 13.4. The Hall–Kier alpha value is -2.90. The van der Waals surface area contributed by atoms with Crippen LogP contribution in [0.1, 0.15) is 20.8 Å². The Morgan fingerprint density at radius 3 is 2.58 bits per heavy atom. The molecule has 7 nitrogen and oxygen atoms in total. The van der Waals surface area contributed by atoms with E-state index in [4.69, 9.17) is 5.11 Å². The smallest absolute Gasteiger partial charge is 0.338 e. The van der Waals surface area contributed by atoms with E-state index < -0.39 is 28.9 Å². The highest BCUT2D eigenvalue weighted by Gasteiger charge is 2.13. The number of rotatable bonds is 3. The van der Waals surface area contributed by atoms with Crippen LogP contribution in [-0.4, -0.2) is 27.0 Å². The number of aromatic nitrogens is 2. The Morgan fingerprint density at radius 2 is 2.05 bits per heavy atom. The molecule has 0 atom stereocenters. The standard InChI is InChI=1S/C11H8FN3O4/c12-7-3-5(1-2-6(7)10(17)18)14-9(16)8-4-13-11(19)15-8/h1-4H,(H,14,16)(H,17,18)(H2,13,15,19). The van der Waals surface area contributed by atoms with Crippen molar-refractivity contribution in [1.29, 1.82) is 0 Å². The third-order valence-corrected chi connectivity index (χ3v) is 2.30. The van der Waals surface area contributed by atoms with Crippen LogP contribution in [0.3, 0.4) is 0 Å². The summed E-state index contributed by atoms with van der Waals surface area (Å²) >= 11 is 0. The molecule has 0 saturated heterocycles. The van der Waals surface area contributed by atoms with Crippen molar-refractivity contribution >= 4 is 17.6 Å². The van der Waals surface area contributed by atoms with Crippen LogP contribution >= 0.6 is 0 Å². The van der Waals surface area contributed by atoms with Gasteiger partial charge >= 0.3 is 11.7 Å². The number of H-pyrrole nitrogens is 2. The summed E-state index contributed by atoms with van der Waals surface area (Å²) in [7, 11) is 0. The van der Waals surface area contributed by atoms with Crippen LogP contribution < -0.4 is 11.0 Å². The number of anilines is 1. The minimum absolute atomic E-state index is 0.0206. The topological polar surface area (TPSA) is 115 Å². The maximum absolute atomic E-state index is 13.4. The van der Waals surface area contributed by atoms with Crippen LogP contribution in [0.25, 0.3) is 0 Å². The molecule has 0 unspecified atom stereocenters. The summed E-state index contributed by atoms with van der Waals surface area (Å²) in [5.41, 5.74) is -0.979. The van der Waals surface area contributed by atoms with Crippen LogP contribution in [0.5, 0.6) is 0 Å². The van der Waals surface area contributed by atoms with Crippen LogP contribution in [0.2, 0.25) is 0 Å². The number of nitrogens with one attached hydrogen (secondary N) is 3. The molecule has 0 spiro atoms. The van der Waals surface area contributed by atoms with Crippen molar-refractivity contribution in [1.82, 2.24) is 9.97 Å². The molecular formula is C11H8FN3O4. The van der Waals surface area contributed by atoms with Crippen molar-refractivity contribution in [2.45, 2.75) is 0 Å². The molecule has 19 heavy (non-hydrogen) atoms. The number of aromatic carboxylic acids is 1. The molecule has 0 bridgehead atoms. The van der Waals surface area contributed by atoms with Crippen molar-refractivity contribution < 1.29 is 19.1 Å². The second kappa shape index (κ2) is 4.77. The molecule has 0 fully saturated rings. The van der Waals surface area contributed by atoms with Crippen LogP contribution in [-0.2, 0) is 0 Å². The molecule has 8 heteroatoms. The lowest BCUT2D eigenvalue weighted by molar-refractivity contribution is 0.0692. The lowest BCUT2D eigenvalue weighted by Gasteiger charge is -2.04. The minimum atomic E-state index is -1.40. The third-order valence-electron chi connectivity index (χ3n) is 2.30. The summed E-state index contributed by atoms with van der Waals surface area (Å²) in [6.45, 7) is 0. The predicted octanol–water partition coefficient (Wildman–Crippen LogP) is 0.793. The van der Waals surface area contributed by atoms with Gasteiger partial charge in [-0.15, -0.1) is 0 Å². The predicted molar refractivity (Wildman–Crippen MR) is 62.7 cm³/mol. The molecule has 2 rings (SSSR count). The molecule has 98 valence electrons. The Bertz CT molecular complexity index is 704. The number of benzene rings is 1. The normalized spacial score (nSPS) is 10.2. The van der Waals surface area contributed by atoms with E-state index in [0.29, 0.717) is 0 Å². The highest BCUT2D eigenvalue weighted by Crippen LogP contribution is 2.15. The fourth-order valence-electron chi connectivity index (χ4n) is 1.42. The van der Waals surface area contributed by atoms with Crippen LogP contribution in [0.4, 0.5) is 10.1 Å². The fourth-order valence-corrected chi connectivity index (χ4v) is 1.42. The first-order valence-electron chi connectivity index (χ1n) is 5.09. The maximum atomic E-state index is 13.4. The van der Waals surface area contributed by atoms with Gasteiger partial charge in [0.05, 0.1) is 5.56 Å². The summed E-state index contributed by atoms with van der Waals surface area (Å²) in [6, 6.07) is 3.16. The van der Waals surface area contributed by atoms with E-state index in [1.54, 1.807) is 0 Å². The molecule has 1 aromatic heterocycles. The fraction of sp³-hybridized carbons (Fsp3) is 0. The number of carbonyl (C=O) groups is 2. The second-order valence-electron chi connectivity index (χ2n) is 3.61. The number of imidazole rings is 1. The molecule has 1 amide bonds. The van der Waals surface area contributed by atoms with E-state index in [2.05, 4.69) is 15.3 Å². The number of aromatic amines is 2. The molecule has 1 aromatic carbocycles. The van der Waals surface area contributed by atoms with Crippen LogP contribution in [0, 0.1) is 5.82 Å². The Kier molecular flexibility index (Phi) is 3.15. The highest BCUT2D eigenvalue weighted by molar-refractivity contribution is 6.02. The lowest BCUT2D eigenvalue weighted by atomic mass is 10.2. The number of hydrogen-bond donors (Lipinski definition) is 4. The van der Waals surface area contributed by atoms with Gasteiger partial charge in [0.25, 0.3) is 5.91 Å². The van der Waals surface area contributed by atoms with Crippen molar-refractivity contribution in [2.24, 2.45) is 0 Å². The zero-order chi connectivity index (χ0) is 14.0. The molecule has 0 saturated carbocycles. The second-order valence-corrected chi connectivity index (χ2v) is 3.61. The van der Waals surface area contributed by atoms with Crippen molar-refractivity contribution in [3.05, 3.63) is 52.0 Å². The largest absolute Gasteiger partial charge is 0.478 e. The monoisotopic (exact) mass is 265 g/mol. The van der Waals surface area contributed by atoms with Crippen molar-refractivity contribution in [2.75, 3.05) is 5.32 Å². The lowest BCUT2D eigenvalue weighted by Crippen LogP contribution is -2.14. The Balaban J connectivity index is 2.20. The van der Waals surface area contributed by atoms with Gasteiger partial charge in [-0.2, -0.15) is 0 Å². The van der Waals surface area contributed by atoms with E-state index in [9.17, 15) is 18.8 Å². The van der Waals surface area contributed by atoms with Crippen molar-refractivity contribution in [3.63, 3.8) is 0 Å². The van der Waals surface area contributed by atoms with E-state index >= 15 is 0 Å². The first-order valence-corrected chi connectivity index (χ1v) is 5.09. The van der Waals surface area contributed by atoms with E-state index in [1.165, 1.54) is 12.3 Å². The number of amides is 1. The molecule has 0 aliphatic heterocycles. The van der Waals surface area contributed by atoms with E-state index in [1.807, 2.05) is 0 Å². The minimum Gasteiger partial charge on any atom is -0.478 e. The molecule has 0 radical (unpaired) electrons. The van der Waals surface area contributed by atoms with Crippen LogP contribution in [0.15, 0.2) is 29.2 Å². The van der Waals surface area contributed by atoms with Gasteiger partial charge in [0.1, 0.15) is 11.5 Å². The zero-order valence-electron chi connectivity index (χ0n) is 9.36. The highest BCUT2D eigenvalue weighted by atomic mass is 19.1. The van der Waals surface area contributed by atoms with Crippen molar-refractivity contribution in [3.8, 4) is 0 Å². The molecular weight excluding hydrogens is 257 g/mol. The summed E-state index contributed by atoms with van der Waals surface area (Å²) in [5.74, 6) is -3.01. The first-order chi connectivity index (χ1) is 8.97. The summed E-state index contributed by atoms with van der Waals surface area (Å²) in [4.78, 5) is 37.5. The van der Waals surface area contributed by atoms with Gasteiger partial charge < -0.3 is 20.4 Å². The van der Waals surface area contributed by atoms with E-state index in [-0.39, 0.29) is 11.4 Å². The van der Waals surface area contributed by atoms with Gasteiger partial charge in [-0.05, 0) is 18.2 Å². The third kappa shape index (κ3) is 2.68. The van der Waals surface area contributed by atoms with Gasteiger partial charge in [-0.3, -0.25) is 4.79 Å². The molecule has 0 aliphatic carbocycles. The SMILES string of the molecule is O=C(Nc1ccc(C(=O)O)c(F)c1)c1c[nH]c(=O)[nH]1. The van der Waals surface area contributed by atoms with Gasteiger partial charge in [-0.1, -0.05) is 0 Å². The zero-order valence-corrected chi connectivity index (χ0v) is 9.36. The average molecular weight is 265 g/mol. The number of hydrogen-bond acceptors (Lipinski definition) is 3. The first kappa shape index (κ1) is 12.6. The molecule has 2 aromatic rings. The number of carboxylic acids is 1. The molecule has 0 aliphatic rings. The summed E-state index contributed by atoms with van der Waals surface area (Å²) in [6.07, 6.45) is 1.17. The van der Waals surface area contributed by atoms with Gasteiger partial charge in [0, 0.05) is 11.9 Å². The number of carboxylic acid groups (broad SMARTS) is 1. The Labute approximate surface area is 105 Å². The van der Waals surface area contributed by atoms with Gasteiger partial charge in [0.15, 0.2) is 0 Å². The number of halogens is 1. The van der Waals surface area contributed by atoms with Gasteiger partial charge in [0.2, 0.25) is 0 Å². The molecule has 4 N–H and O–H groups in total. The Morgan fingerprint density at radius 1 is 1.32 bits per heavy atom. The van der Waals surface area contributed by atoms with Gasteiger partial charge in [-0.25, -0.2) is 14.0 Å². The molecule has 1 heterocycles. The number of carbonyl (C=O) groups excluding carboxylic acids is 1. The quantitative estimate of drug-likeness (QED) is 0.656. The summed E-state index contributed by atoms with van der Waals surface area (Å²) in [5, 5.41) is 11.0. The maximum Gasteiger partial charge on any atom is 0.338 e. The van der Waals surface area contributed by atoms with E-state index in [0.717, 1.165) is 12.1 Å².